The molecule has 2 aromatic heterocycles. The van der Waals surface area contributed by atoms with Crippen molar-refractivity contribution in [1.29, 1.82) is 0 Å². The van der Waals surface area contributed by atoms with Crippen LogP contribution in [-0.2, 0) is 0 Å². The van der Waals surface area contributed by atoms with Gasteiger partial charge in [0.05, 0.1) is 0 Å². The third-order valence-corrected chi connectivity index (χ3v) is 1.93. The lowest BCUT2D eigenvalue weighted by Gasteiger charge is -1.79. The summed E-state index contributed by atoms with van der Waals surface area (Å²) < 4.78 is 4.83. The van der Waals surface area contributed by atoms with Gasteiger partial charge in [-0.1, -0.05) is 16.5 Å². The van der Waals surface area contributed by atoms with Crippen molar-refractivity contribution in [2.24, 2.45) is 0 Å². The van der Waals surface area contributed by atoms with Crippen molar-refractivity contribution in [2.45, 2.75) is 0 Å². The van der Waals surface area contributed by atoms with E-state index >= 15 is 0 Å². The smallest absolute Gasteiger partial charge is 0.198 e. The van der Waals surface area contributed by atoms with Crippen LogP contribution >= 0.6 is 11.3 Å². The molecule has 0 radical (unpaired) electrons. The first-order valence-electron chi connectivity index (χ1n) is 3.08. The molecule has 0 unspecified atom stereocenters. The first-order chi connectivity index (χ1) is 5.90. The van der Waals surface area contributed by atoms with Crippen LogP contribution in [0.1, 0.15) is 10.5 Å². The predicted octanol–water partition coefficient (Wildman–Crippen LogP) is 1.01. The molecule has 0 N–H and O–H groups in total. The van der Waals surface area contributed by atoms with Crippen LogP contribution in [0, 0.1) is 0 Å². The minimum absolute atomic E-state index is 0.264. The molecule has 2 rings (SSSR count). The molecule has 0 spiro atoms. The number of aromatic nitrogens is 3. The first-order valence-corrected chi connectivity index (χ1v) is 3.96. The lowest BCUT2D eigenvalue weighted by atomic mass is 10.4. The van der Waals surface area contributed by atoms with E-state index in [2.05, 4.69) is 15.4 Å². The SMILES string of the molecule is O=Cc1cc(-c2nncs2)on1. The summed E-state index contributed by atoms with van der Waals surface area (Å²) in [5, 5.41) is 11.5. The van der Waals surface area contributed by atoms with E-state index in [0.29, 0.717) is 17.1 Å². The summed E-state index contributed by atoms with van der Waals surface area (Å²) in [5.74, 6) is 0.472. The predicted molar refractivity (Wildman–Crippen MR) is 40.8 cm³/mol. The zero-order chi connectivity index (χ0) is 8.39. The van der Waals surface area contributed by atoms with Crippen LogP contribution in [0.4, 0.5) is 0 Å². The standard InChI is InChI=1S/C6H3N3O2S/c10-2-4-1-5(11-9-4)6-8-7-3-12-6/h1-3H. The number of rotatable bonds is 2. The molecule has 0 aliphatic rings. The van der Waals surface area contributed by atoms with Crippen molar-refractivity contribution in [1.82, 2.24) is 15.4 Å². The zero-order valence-corrected chi connectivity index (χ0v) is 6.61. The largest absolute Gasteiger partial charge is 0.353 e. The fourth-order valence-corrected chi connectivity index (χ4v) is 1.23. The summed E-state index contributed by atoms with van der Waals surface area (Å²) in [6, 6.07) is 1.52. The average molecular weight is 181 g/mol. The molecule has 5 nitrogen and oxygen atoms in total. The van der Waals surface area contributed by atoms with Crippen molar-refractivity contribution in [3.63, 3.8) is 0 Å². The number of hydrogen-bond donors (Lipinski definition) is 0. The van der Waals surface area contributed by atoms with Crippen LogP contribution in [0.25, 0.3) is 10.8 Å². The van der Waals surface area contributed by atoms with Crippen molar-refractivity contribution in [3.05, 3.63) is 17.3 Å². The van der Waals surface area contributed by atoms with Gasteiger partial charge in [-0.25, -0.2) is 0 Å². The van der Waals surface area contributed by atoms with E-state index < -0.39 is 0 Å². The van der Waals surface area contributed by atoms with Gasteiger partial charge in [0.15, 0.2) is 17.1 Å². The van der Waals surface area contributed by atoms with Gasteiger partial charge in [0.25, 0.3) is 0 Å². The Bertz CT molecular complexity index is 381. The number of aldehydes is 1. The van der Waals surface area contributed by atoms with Gasteiger partial charge in [-0.3, -0.25) is 4.79 Å². The zero-order valence-electron chi connectivity index (χ0n) is 5.80. The number of carbonyl (C=O) groups is 1. The Kier molecular flexibility index (Phi) is 1.67. The highest BCUT2D eigenvalue weighted by Gasteiger charge is 2.08. The Morgan fingerprint density at radius 1 is 1.58 bits per heavy atom. The van der Waals surface area contributed by atoms with Crippen LogP contribution in [0.5, 0.6) is 0 Å². The maximum absolute atomic E-state index is 10.2. The van der Waals surface area contributed by atoms with Crippen molar-refractivity contribution >= 4 is 17.6 Å². The molecule has 6 heteroatoms. The van der Waals surface area contributed by atoms with E-state index in [1.54, 1.807) is 5.51 Å². The van der Waals surface area contributed by atoms with Crippen molar-refractivity contribution in [3.8, 4) is 10.8 Å². The maximum Gasteiger partial charge on any atom is 0.198 e. The number of nitrogens with zero attached hydrogens (tertiary/aromatic N) is 3. The maximum atomic E-state index is 10.2. The summed E-state index contributed by atoms with van der Waals surface area (Å²) in [6.45, 7) is 0. The minimum Gasteiger partial charge on any atom is -0.353 e. The minimum atomic E-state index is 0.264. The molecule has 0 aliphatic heterocycles. The normalized spacial score (nSPS) is 10.0. The summed E-state index contributed by atoms with van der Waals surface area (Å²) in [5.41, 5.74) is 1.85. The Hall–Kier alpha value is -1.56. The van der Waals surface area contributed by atoms with Crippen LogP contribution < -0.4 is 0 Å². The molecular formula is C6H3N3O2S. The Balaban J connectivity index is 2.41. The Morgan fingerprint density at radius 3 is 3.08 bits per heavy atom. The van der Waals surface area contributed by atoms with Crippen molar-refractivity contribution in [2.75, 3.05) is 0 Å². The van der Waals surface area contributed by atoms with Gasteiger partial charge in [0.1, 0.15) is 11.2 Å². The first kappa shape index (κ1) is 7.11. The monoisotopic (exact) mass is 181 g/mol. The molecule has 0 atom stereocenters. The highest BCUT2D eigenvalue weighted by molar-refractivity contribution is 7.12. The van der Waals surface area contributed by atoms with Crippen LogP contribution in [-0.4, -0.2) is 21.6 Å². The summed E-state index contributed by atoms with van der Waals surface area (Å²) in [4.78, 5) is 10.2. The molecule has 60 valence electrons. The Morgan fingerprint density at radius 2 is 2.50 bits per heavy atom. The molecule has 0 aromatic carbocycles. The van der Waals surface area contributed by atoms with Crippen LogP contribution in [0.2, 0.25) is 0 Å². The second-order valence-electron chi connectivity index (χ2n) is 1.98. The van der Waals surface area contributed by atoms with Gasteiger partial charge in [-0.15, -0.1) is 10.2 Å². The van der Waals surface area contributed by atoms with E-state index in [1.165, 1.54) is 17.4 Å². The van der Waals surface area contributed by atoms with E-state index in [0.717, 1.165) is 0 Å². The van der Waals surface area contributed by atoms with E-state index in [-0.39, 0.29) is 5.69 Å². The fraction of sp³-hybridized carbons (Fsp3) is 0. The van der Waals surface area contributed by atoms with Gasteiger partial charge >= 0.3 is 0 Å². The van der Waals surface area contributed by atoms with Gasteiger partial charge in [0, 0.05) is 6.07 Å². The molecule has 0 bridgehead atoms. The van der Waals surface area contributed by atoms with Gasteiger partial charge in [-0.2, -0.15) is 0 Å². The topological polar surface area (TPSA) is 68.9 Å². The average Bonchev–Trinajstić information content (AvgIpc) is 2.75. The molecule has 0 saturated carbocycles. The van der Waals surface area contributed by atoms with Gasteiger partial charge in [-0.05, 0) is 0 Å². The third kappa shape index (κ3) is 1.12. The Labute approximate surface area is 71.0 Å². The molecule has 0 aliphatic carbocycles. The second kappa shape index (κ2) is 2.82. The van der Waals surface area contributed by atoms with Crippen LogP contribution in [0.3, 0.4) is 0 Å². The summed E-state index contributed by atoms with van der Waals surface area (Å²) in [6.07, 6.45) is 0.619. The van der Waals surface area contributed by atoms with E-state index in [9.17, 15) is 4.79 Å². The molecule has 2 aromatic rings. The molecule has 0 fully saturated rings. The quantitative estimate of drug-likeness (QED) is 0.646. The van der Waals surface area contributed by atoms with Gasteiger partial charge < -0.3 is 4.52 Å². The fourth-order valence-electron chi connectivity index (χ4n) is 0.726. The second-order valence-corrected chi connectivity index (χ2v) is 2.81. The van der Waals surface area contributed by atoms with Crippen molar-refractivity contribution < 1.29 is 9.32 Å². The van der Waals surface area contributed by atoms with E-state index in [4.69, 9.17) is 4.52 Å². The summed E-state index contributed by atoms with van der Waals surface area (Å²) >= 11 is 1.33. The molecular weight excluding hydrogens is 178 g/mol. The lowest BCUT2D eigenvalue weighted by Crippen LogP contribution is -1.73. The van der Waals surface area contributed by atoms with Gasteiger partial charge in [0.2, 0.25) is 0 Å². The molecule has 2 heterocycles. The van der Waals surface area contributed by atoms with Crippen LogP contribution in [0.15, 0.2) is 16.1 Å². The summed E-state index contributed by atoms with van der Waals surface area (Å²) in [7, 11) is 0. The van der Waals surface area contributed by atoms with E-state index in [1.807, 2.05) is 0 Å². The molecule has 0 saturated heterocycles. The highest BCUT2D eigenvalue weighted by atomic mass is 32.1. The molecule has 12 heavy (non-hydrogen) atoms. The third-order valence-electron chi connectivity index (χ3n) is 1.22. The molecule has 0 amide bonds. The number of hydrogen-bond acceptors (Lipinski definition) is 6. The number of carbonyl (C=O) groups excluding carboxylic acids is 1. The highest BCUT2D eigenvalue weighted by Crippen LogP contribution is 2.20. The lowest BCUT2D eigenvalue weighted by molar-refractivity contribution is 0.111.